The van der Waals surface area contributed by atoms with Crippen LogP contribution >= 0.6 is 0 Å². The number of amides is 2. The Morgan fingerprint density at radius 3 is 2.42 bits per heavy atom. The van der Waals surface area contributed by atoms with Crippen molar-refractivity contribution in [1.82, 2.24) is 10.2 Å². The van der Waals surface area contributed by atoms with Gasteiger partial charge < -0.3 is 15.2 Å². The molecule has 0 saturated carbocycles. The van der Waals surface area contributed by atoms with E-state index < -0.39 is 5.54 Å². The lowest BCUT2D eigenvalue weighted by Crippen LogP contribution is -2.59. The normalized spacial score (nSPS) is 22.6. The fourth-order valence-electron chi connectivity index (χ4n) is 2.13. The number of nitrogens with two attached hydrogens (primary N) is 1. The molecule has 2 amide bonds. The lowest BCUT2D eigenvalue weighted by atomic mass is 9.94. The van der Waals surface area contributed by atoms with E-state index in [1.165, 1.54) is 0 Å². The van der Waals surface area contributed by atoms with Gasteiger partial charge in [-0.2, -0.15) is 0 Å². The molecule has 0 aromatic carbocycles. The van der Waals surface area contributed by atoms with Gasteiger partial charge in [0.2, 0.25) is 11.8 Å². The summed E-state index contributed by atoms with van der Waals surface area (Å²) in [5.41, 5.74) is 5.26. The molecule has 0 unspecified atom stereocenters. The van der Waals surface area contributed by atoms with E-state index in [9.17, 15) is 9.59 Å². The molecule has 0 radical (unpaired) electrons. The highest BCUT2D eigenvalue weighted by molar-refractivity contribution is 5.95. The second kappa shape index (κ2) is 6.42. The highest BCUT2D eigenvalue weighted by Gasteiger charge is 2.36. The van der Waals surface area contributed by atoms with Gasteiger partial charge in [0.1, 0.15) is 0 Å². The van der Waals surface area contributed by atoms with Crippen LogP contribution in [-0.2, 0) is 19.1 Å². The zero-order valence-corrected chi connectivity index (χ0v) is 11.0. The van der Waals surface area contributed by atoms with Crippen LogP contribution in [0.1, 0.15) is 12.8 Å². The molecule has 2 saturated heterocycles. The Morgan fingerprint density at radius 1 is 1.16 bits per heavy atom. The maximum absolute atomic E-state index is 11.6. The van der Waals surface area contributed by atoms with Crippen molar-refractivity contribution in [2.75, 3.05) is 46.1 Å². The van der Waals surface area contributed by atoms with Crippen molar-refractivity contribution in [2.24, 2.45) is 5.73 Å². The number of morpholine rings is 1. The minimum absolute atomic E-state index is 0.135. The predicted octanol–water partition coefficient (Wildman–Crippen LogP) is -1.53. The summed E-state index contributed by atoms with van der Waals surface area (Å²) in [5, 5.41) is 2.37. The van der Waals surface area contributed by atoms with Gasteiger partial charge in [-0.1, -0.05) is 0 Å². The molecule has 2 aliphatic rings. The zero-order chi connectivity index (χ0) is 13.7. The van der Waals surface area contributed by atoms with Crippen LogP contribution in [0.15, 0.2) is 0 Å². The van der Waals surface area contributed by atoms with Crippen LogP contribution in [0.25, 0.3) is 0 Å². The number of carbonyl (C=O) groups is 2. The topological polar surface area (TPSA) is 93.9 Å². The van der Waals surface area contributed by atoms with Gasteiger partial charge in [0.25, 0.3) is 0 Å². The van der Waals surface area contributed by atoms with Crippen molar-refractivity contribution in [3.8, 4) is 0 Å². The van der Waals surface area contributed by atoms with Gasteiger partial charge in [0, 0.05) is 32.5 Å². The van der Waals surface area contributed by atoms with Crippen LogP contribution < -0.4 is 11.1 Å². The third-order valence-corrected chi connectivity index (χ3v) is 3.33. The number of rotatable bonds is 5. The maximum Gasteiger partial charge on any atom is 0.228 e. The number of nitrogens with zero attached hydrogens (tertiary/aromatic N) is 1. The summed E-state index contributed by atoms with van der Waals surface area (Å²) in [6.07, 6.45) is 0.454. The molecule has 2 aliphatic heterocycles. The molecular weight excluding hydrogens is 250 g/mol. The average Bonchev–Trinajstić information content (AvgIpc) is 2.35. The standard InChI is InChI=1S/C12H21N3O4/c13-12(8-19-9-12)7-11(17)14-10(16)1-2-15-3-5-18-6-4-15/h1-9,13H2,(H,14,16,17). The van der Waals surface area contributed by atoms with E-state index >= 15 is 0 Å². The largest absolute Gasteiger partial charge is 0.379 e. The van der Waals surface area contributed by atoms with Gasteiger partial charge in [0.15, 0.2) is 0 Å². The molecule has 2 rings (SSSR count). The molecule has 2 heterocycles. The fourth-order valence-corrected chi connectivity index (χ4v) is 2.13. The Labute approximate surface area is 112 Å². The first kappa shape index (κ1) is 14.4. The fraction of sp³-hybridized carbons (Fsp3) is 0.833. The summed E-state index contributed by atoms with van der Waals surface area (Å²) < 4.78 is 10.2. The Hall–Kier alpha value is -1.02. The van der Waals surface area contributed by atoms with E-state index in [1.807, 2.05) is 0 Å². The van der Waals surface area contributed by atoms with Crippen molar-refractivity contribution in [3.05, 3.63) is 0 Å². The van der Waals surface area contributed by atoms with Gasteiger partial charge in [0.05, 0.1) is 32.0 Å². The summed E-state index contributed by atoms with van der Waals surface area (Å²) >= 11 is 0. The van der Waals surface area contributed by atoms with Crippen LogP contribution in [0.4, 0.5) is 0 Å². The third-order valence-electron chi connectivity index (χ3n) is 3.33. The van der Waals surface area contributed by atoms with Gasteiger partial charge in [-0.15, -0.1) is 0 Å². The van der Waals surface area contributed by atoms with Gasteiger partial charge >= 0.3 is 0 Å². The minimum atomic E-state index is -0.589. The molecule has 0 atom stereocenters. The molecule has 0 bridgehead atoms. The molecular formula is C12H21N3O4. The summed E-state index contributed by atoms with van der Waals surface area (Å²) in [5.74, 6) is -0.571. The number of carbonyl (C=O) groups excluding carboxylic acids is 2. The predicted molar refractivity (Wildman–Crippen MR) is 67.4 cm³/mol. The second-order valence-electron chi connectivity index (χ2n) is 5.21. The van der Waals surface area contributed by atoms with Crippen molar-refractivity contribution in [3.63, 3.8) is 0 Å². The molecule has 0 spiro atoms. The highest BCUT2D eigenvalue weighted by atomic mass is 16.5. The van der Waals surface area contributed by atoms with Gasteiger partial charge in [-0.3, -0.25) is 19.8 Å². The number of imide groups is 1. The lowest BCUT2D eigenvalue weighted by Gasteiger charge is -2.36. The summed E-state index contributed by atoms with van der Waals surface area (Å²) in [6, 6.07) is 0. The molecule has 7 nitrogen and oxygen atoms in total. The third kappa shape index (κ3) is 4.54. The molecule has 0 aromatic rings. The van der Waals surface area contributed by atoms with Crippen molar-refractivity contribution >= 4 is 11.8 Å². The minimum Gasteiger partial charge on any atom is -0.379 e. The lowest BCUT2D eigenvalue weighted by molar-refractivity contribution is -0.134. The first-order chi connectivity index (χ1) is 9.07. The monoisotopic (exact) mass is 271 g/mol. The summed E-state index contributed by atoms with van der Waals surface area (Å²) in [6.45, 7) is 4.49. The average molecular weight is 271 g/mol. The molecule has 19 heavy (non-hydrogen) atoms. The number of hydrogen-bond donors (Lipinski definition) is 2. The Morgan fingerprint density at radius 2 is 1.84 bits per heavy atom. The molecule has 2 fully saturated rings. The molecule has 0 aromatic heterocycles. The van der Waals surface area contributed by atoms with E-state index in [0.717, 1.165) is 13.1 Å². The molecule has 108 valence electrons. The number of nitrogens with one attached hydrogen (secondary N) is 1. The number of hydrogen-bond acceptors (Lipinski definition) is 6. The first-order valence-corrected chi connectivity index (χ1v) is 6.57. The van der Waals surface area contributed by atoms with E-state index in [4.69, 9.17) is 15.2 Å². The molecule has 7 heteroatoms. The van der Waals surface area contributed by atoms with Crippen LogP contribution in [0.5, 0.6) is 0 Å². The molecule has 3 N–H and O–H groups in total. The quantitative estimate of drug-likeness (QED) is 0.630. The van der Waals surface area contributed by atoms with Crippen molar-refractivity contribution in [1.29, 1.82) is 0 Å². The van der Waals surface area contributed by atoms with Crippen molar-refractivity contribution in [2.45, 2.75) is 18.4 Å². The SMILES string of the molecule is NC1(CC(=O)NC(=O)CCN2CCOCC2)COC1. The second-order valence-corrected chi connectivity index (χ2v) is 5.21. The Kier molecular flexibility index (Phi) is 4.87. The van der Waals surface area contributed by atoms with Crippen molar-refractivity contribution < 1.29 is 19.1 Å². The zero-order valence-electron chi connectivity index (χ0n) is 11.0. The van der Waals surface area contributed by atoms with Crippen LogP contribution in [0, 0.1) is 0 Å². The summed E-state index contributed by atoms with van der Waals surface area (Å²) in [7, 11) is 0. The summed E-state index contributed by atoms with van der Waals surface area (Å²) in [4.78, 5) is 25.4. The highest BCUT2D eigenvalue weighted by Crippen LogP contribution is 2.17. The van der Waals surface area contributed by atoms with Crippen LogP contribution in [-0.4, -0.2) is 68.3 Å². The van der Waals surface area contributed by atoms with E-state index in [2.05, 4.69) is 10.2 Å². The smallest absolute Gasteiger partial charge is 0.228 e. The maximum atomic E-state index is 11.6. The number of ether oxygens (including phenoxy) is 2. The van der Waals surface area contributed by atoms with E-state index in [0.29, 0.717) is 39.4 Å². The van der Waals surface area contributed by atoms with Gasteiger partial charge in [-0.25, -0.2) is 0 Å². The Balaban J connectivity index is 1.61. The Bertz CT molecular complexity index is 338. The first-order valence-electron chi connectivity index (χ1n) is 6.57. The van der Waals surface area contributed by atoms with Gasteiger partial charge in [-0.05, 0) is 0 Å². The van der Waals surface area contributed by atoms with E-state index in [1.54, 1.807) is 0 Å². The van der Waals surface area contributed by atoms with Crippen LogP contribution in [0.3, 0.4) is 0 Å². The van der Waals surface area contributed by atoms with Crippen LogP contribution in [0.2, 0.25) is 0 Å². The molecule has 0 aliphatic carbocycles. The van der Waals surface area contributed by atoms with E-state index in [-0.39, 0.29) is 18.2 Å².